The zero-order valence-electron chi connectivity index (χ0n) is 44.7. The number of phenols is 2. The third-order valence-corrected chi connectivity index (χ3v) is 16.6. The second kappa shape index (κ2) is 16.6. The van der Waals surface area contributed by atoms with E-state index in [9.17, 15) is 10.2 Å². The van der Waals surface area contributed by atoms with Crippen LogP contribution in [0.1, 0.15) is 67.0 Å². The Kier molecular flexibility index (Phi) is 9.81. The van der Waals surface area contributed by atoms with Crippen LogP contribution in [0.2, 0.25) is 0 Å². The average Bonchev–Trinajstić information content (AvgIpc) is 4.37. The molecule has 10 heteroatoms. The molecule has 4 aliphatic heterocycles. The van der Waals surface area contributed by atoms with Crippen LogP contribution in [-0.2, 0) is 0 Å². The molecule has 9 aromatic carbocycles. The molecule has 0 saturated carbocycles. The number of aromatic hydroxyl groups is 2. The van der Waals surface area contributed by atoms with Crippen LogP contribution in [-0.4, -0.2) is 33.3 Å². The van der Waals surface area contributed by atoms with E-state index in [-0.39, 0.29) is 11.5 Å². The first-order valence-electron chi connectivity index (χ1n) is 26.8. The lowest BCUT2D eigenvalue weighted by Crippen LogP contribution is -2.48. The maximum atomic E-state index is 11.6. The molecule has 0 amide bonds. The number of aromatic nitrogens is 2. The molecule has 0 saturated heterocycles. The maximum absolute atomic E-state index is 11.6. The predicted molar refractivity (Wildman–Crippen MR) is 318 cm³/mol. The van der Waals surface area contributed by atoms with Gasteiger partial charge < -0.3 is 28.5 Å². The summed E-state index contributed by atoms with van der Waals surface area (Å²) >= 11 is 0. The highest BCUT2D eigenvalue weighted by Crippen LogP contribution is 2.41. The Hall–Kier alpha value is -9.27. The van der Waals surface area contributed by atoms with Crippen molar-refractivity contribution in [1.82, 2.24) is 8.96 Å². The molecule has 11 aromatic rings. The van der Waals surface area contributed by atoms with Crippen LogP contribution in [0.5, 0.6) is 23.0 Å². The summed E-state index contributed by atoms with van der Waals surface area (Å²) in [6, 6.07) is 46.2. The monoisotopic (exact) mass is 1010 g/mol. The lowest BCUT2D eigenvalue weighted by atomic mass is 9.67. The smallest absolute Gasteiger partial charge is 0.523 e. The van der Waals surface area contributed by atoms with Gasteiger partial charge in [0.05, 0.1) is 22.1 Å². The van der Waals surface area contributed by atoms with Crippen LogP contribution in [0.4, 0.5) is 0 Å². The van der Waals surface area contributed by atoms with Gasteiger partial charge >= 0.3 is 14.1 Å². The number of aryl methyl sites for hydroxylation is 8. The van der Waals surface area contributed by atoms with Gasteiger partial charge in [0.15, 0.2) is 0 Å². The third kappa shape index (κ3) is 6.75. The van der Waals surface area contributed by atoms with Crippen LogP contribution < -0.4 is 41.4 Å². The minimum atomic E-state index is -0.701. The van der Waals surface area contributed by atoms with Crippen molar-refractivity contribution in [2.75, 3.05) is 0 Å². The van der Waals surface area contributed by atoms with Gasteiger partial charge in [-0.05, 0) is 193 Å². The van der Waals surface area contributed by atoms with Crippen LogP contribution >= 0.6 is 0 Å². The SMILES string of the molecule is Cc1cc(C)c(/C2=C3\C=c4c(c5c(cc(O)cc5c5ccc(C)cc45)OB(c4ccc(B5Oc6cc(O)cc7c6c6c(c8cc(C)ccc87)=C/C(=C(\c7c(C)cc(C)cc7C)c7cccn75)N=6)cc4)n4cccc42)=N3)c(C)c1. The lowest BCUT2D eigenvalue weighted by Gasteiger charge is -2.26. The first-order chi connectivity index (χ1) is 37.7. The number of allylic oxidation sites excluding steroid dienone is 2. The van der Waals surface area contributed by atoms with Gasteiger partial charge in [-0.2, -0.15) is 0 Å². The summed E-state index contributed by atoms with van der Waals surface area (Å²) in [5, 5.41) is 34.6. The van der Waals surface area contributed by atoms with Crippen LogP contribution in [0.3, 0.4) is 0 Å². The molecule has 4 aliphatic rings. The first-order valence-corrected chi connectivity index (χ1v) is 26.8. The number of hydrogen-bond donors (Lipinski definition) is 2. The van der Waals surface area contributed by atoms with Crippen molar-refractivity contribution in [3.63, 3.8) is 0 Å². The summed E-state index contributed by atoms with van der Waals surface area (Å²) in [7, 11) is -1.40. The molecule has 4 bridgehead atoms. The molecule has 0 fully saturated rings. The average molecular weight is 1010 g/mol. The van der Waals surface area contributed by atoms with Gasteiger partial charge in [0.1, 0.15) is 23.0 Å². The van der Waals surface area contributed by atoms with Gasteiger partial charge in [-0.25, -0.2) is 9.98 Å². The van der Waals surface area contributed by atoms with Crippen molar-refractivity contribution in [2.45, 2.75) is 55.4 Å². The first kappa shape index (κ1) is 46.1. The fraction of sp³-hybridized carbons (Fsp3) is 0.118. The van der Waals surface area contributed by atoms with Crippen molar-refractivity contribution < 1.29 is 19.5 Å². The fourth-order valence-electron chi connectivity index (χ4n) is 13.6. The Bertz CT molecular complexity index is 4570. The van der Waals surface area contributed by atoms with Gasteiger partial charge in [-0.3, -0.25) is 0 Å². The second-order valence-electron chi connectivity index (χ2n) is 22.1. The molecule has 2 N–H and O–H groups in total. The molecule has 15 rings (SSSR count). The normalized spacial score (nSPS) is 16.1. The van der Waals surface area contributed by atoms with Crippen molar-refractivity contribution in [3.8, 4) is 23.0 Å². The van der Waals surface area contributed by atoms with Gasteiger partial charge in [0.2, 0.25) is 0 Å². The Morgan fingerprint density at radius 1 is 0.410 bits per heavy atom. The van der Waals surface area contributed by atoms with Gasteiger partial charge in [-0.1, -0.05) is 107 Å². The standard InChI is InChI=1S/C68H52B2N4O4/c1-35-13-19-47-49(27-35)53-33-55-65(61-39(5)23-37(3)24-40(61)6)57-11-9-21-73(57)69(77-59-31-45(75)29-51(47)63(59)67(53)71-55)43-15-17-44(18-16-43)70-74-22-10-12-58(74)66(62-41(7)25-38(4)26-42(62)8)56-34-54-50-28-36(2)14-20-48(50)52-30-46(76)32-60(78-70)64(52)68(54)72-56/h9-34,75-76H,1-8H3/b65-55+,66-56+. The van der Waals surface area contributed by atoms with Gasteiger partial charge in [0, 0.05) is 55.9 Å². The second-order valence-corrected chi connectivity index (χ2v) is 22.1. The molecule has 0 spiro atoms. The van der Waals surface area contributed by atoms with Crippen molar-refractivity contribution in [3.05, 3.63) is 245 Å². The Balaban J connectivity index is 0.964. The molecule has 8 nitrogen and oxygen atoms in total. The summed E-state index contributed by atoms with van der Waals surface area (Å²) in [5.74, 6) is 1.29. The number of benzene rings is 9. The van der Waals surface area contributed by atoms with E-state index >= 15 is 0 Å². The van der Waals surface area contributed by atoms with Crippen molar-refractivity contribution in [2.24, 2.45) is 9.98 Å². The number of rotatable bonds is 4. The Labute approximate surface area is 451 Å². The highest BCUT2D eigenvalue weighted by Gasteiger charge is 2.36. The molecule has 6 heterocycles. The quantitative estimate of drug-likeness (QED) is 0.136. The van der Waals surface area contributed by atoms with Crippen molar-refractivity contribution in [1.29, 1.82) is 0 Å². The minimum absolute atomic E-state index is 0.109. The van der Waals surface area contributed by atoms with Crippen LogP contribution in [0, 0.1) is 55.4 Å². The largest absolute Gasteiger partial charge is 0.537 e. The highest BCUT2D eigenvalue weighted by molar-refractivity contribution is 6.69. The van der Waals surface area contributed by atoms with Crippen LogP contribution in [0.25, 0.3) is 66.4 Å². The molecule has 2 aromatic heterocycles. The predicted octanol–water partition coefficient (Wildman–Crippen LogP) is 10.8. The van der Waals surface area contributed by atoms with E-state index in [4.69, 9.17) is 19.3 Å². The van der Waals surface area contributed by atoms with Gasteiger partial charge in [0.25, 0.3) is 0 Å². The summed E-state index contributed by atoms with van der Waals surface area (Å²) in [6.07, 6.45) is 8.68. The third-order valence-electron chi connectivity index (χ3n) is 16.6. The number of phenolic OH excluding ortho intramolecular Hbond substituents is 2. The van der Waals surface area contributed by atoms with Crippen molar-refractivity contribution >= 4 is 91.4 Å². The molecular formula is C68H52B2N4O4. The summed E-state index contributed by atoms with van der Waals surface area (Å²) in [4.78, 5) is 11.1. The minimum Gasteiger partial charge on any atom is -0.537 e. The van der Waals surface area contributed by atoms with E-state index in [1.54, 1.807) is 12.1 Å². The van der Waals surface area contributed by atoms with E-state index in [0.717, 1.165) is 131 Å². The maximum Gasteiger partial charge on any atom is 0.523 e. The highest BCUT2D eigenvalue weighted by atomic mass is 16.5. The molecular weight excluding hydrogens is 958 g/mol. The zero-order chi connectivity index (χ0) is 53.2. The van der Waals surface area contributed by atoms with E-state index in [1.165, 1.54) is 33.4 Å². The van der Waals surface area contributed by atoms with E-state index < -0.39 is 14.1 Å². The lowest BCUT2D eigenvalue weighted by molar-refractivity contribution is 0.470. The molecule has 0 aliphatic carbocycles. The Morgan fingerprint density at radius 3 is 1.21 bits per heavy atom. The number of fused-ring (bicyclic) bond motifs is 10. The molecule has 0 unspecified atom stereocenters. The molecule has 0 atom stereocenters. The van der Waals surface area contributed by atoms with Crippen LogP contribution in [0.15, 0.2) is 167 Å². The molecule has 78 heavy (non-hydrogen) atoms. The number of nitrogens with zero attached hydrogens (tertiary/aromatic N) is 4. The van der Waals surface area contributed by atoms with E-state index in [2.05, 4.69) is 198 Å². The molecule has 374 valence electrons. The topological polar surface area (TPSA) is 93.5 Å². The van der Waals surface area contributed by atoms with E-state index in [1.807, 2.05) is 12.1 Å². The van der Waals surface area contributed by atoms with E-state index in [0.29, 0.717) is 11.5 Å². The summed E-state index contributed by atoms with van der Waals surface area (Å²) in [5.41, 5.74) is 19.1. The van der Waals surface area contributed by atoms with Gasteiger partial charge in [-0.15, -0.1) is 0 Å². The summed E-state index contributed by atoms with van der Waals surface area (Å²) in [6.45, 7) is 17.3. The summed E-state index contributed by atoms with van der Waals surface area (Å²) < 4.78 is 19.4. The fourth-order valence-corrected chi connectivity index (χ4v) is 13.6. The zero-order valence-corrected chi connectivity index (χ0v) is 44.7. The Morgan fingerprint density at radius 2 is 0.808 bits per heavy atom. The number of hydrogen-bond acceptors (Lipinski definition) is 6. The molecule has 0 radical (unpaired) electrons.